The van der Waals surface area contributed by atoms with Crippen molar-refractivity contribution in [2.24, 2.45) is 0 Å². The molecule has 2 nitrogen and oxygen atoms in total. The number of fused-ring (bicyclic) bond motifs is 3. The predicted octanol–water partition coefficient (Wildman–Crippen LogP) is 5.18. The lowest BCUT2D eigenvalue weighted by Crippen LogP contribution is -2.37. The van der Waals surface area contributed by atoms with Crippen molar-refractivity contribution < 1.29 is 4.79 Å². The summed E-state index contributed by atoms with van der Waals surface area (Å²) in [6.45, 7) is 6.56. The van der Waals surface area contributed by atoms with Gasteiger partial charge in [-0.1, -0.05) is 36.4 Å². The van der Waals surface area contributed by atoms with Crippen LogP contribution in [0.2, 0.25) is 0 Å². The minimum atomic E-state index is 0.221. The van der Waals surface area contributed by atoms with Crippen LogP contribution in [0.15, 0.2) is 48.5 Å². The number of likely N-dealkylation sites (tertiary alicyclic amines) is 1. The molecule has 1 aliphatic rings. The second-order valence-electron chi connectivity index (χ2n) is 7.51. The Morgan fingerprint density at radius 1 is 1.04 bits per heavy atom. The molecule has 2 heteroatoms. The van der Waals surface area contributed by atoms with Gasteiger partial charge in [0.15, 0.2) is 0 Å². The molecule has 1 fully saturated rings. The Hall–Kier alpha value is -2.19. The van der Waals surface area contributed by atoms with E-state index in [0.717, 1.165) is 30.5 Å². The Morgan fingerprint density at radius 3 is 2.58 bits per heavy atom. The van der Waals surface area contributed by atoms with Gasteiger partial charge in [0, 0.05) is 17.6 Å². The second-order valence-corrected chi connectivity index (χ2v) is 7.51. The van der Waals surface area contributed by atoms with Crippen LogP contribution in [0.4, 0.5) is 0 Å². The van der Waals surface area contributed by atoms with Crippen molar-refractivity contribution >= 4 is 27.8 Å². The number of hydrogen-bond donors (Lipinski definition) is 0. The van der Waals surface area contributed by atoms with Gasteiger partial charge in [0.25, 0.3) is 0 Å². The fourth-order valence-corrected chi connectivity index (χ4v) is 4.03. The maximum atomic E-state index is 11.7. The summed E-state index contributed by atoms with van der Waals surface area (Å²) in [4.78, 5) is 14.2. The molecule has 1 saturated heterocycles. The molecule has 3 aromatic rings. The van der Waals surface area contributed by atoms with Gasteiger partial charge in [0.1, 0.15) is 6.29 Å². The number of carbonyl (C=O) groups is 1. The highest BCUT2D eigenvalue weighted by molar-refractivity contribution is 6.09. The quantitative estimate of drug-likeness (QED) is 0.490. The summed E-state index contributed by atoms with van der Waals surface area (Å²) in [5, 5.41) is 4.81. The molecule has 0 saturated carbocycles. The number of hydrogen-bond acceptors (Lipinski definition) is 2. The third-order valence-corrected chi connectivity index (χ3v) is 5.57. The molecule has 0 unspecified atom stereocenters. The monoisotopic (exact) mass is 317 g/mol. The molecule has 24 heavy (non-hydrogen) atoms. The van der Waals surface area contributed by atoms with E-state index in [1.54, 1.807) is 0 Å². The van der Waals surface area contributed by atoms with Crippen LogP contribution in [0.25, 0.3) is 21.5 Å². The lowest BCUT2D eigenvalue weighted by Gasteiger charge is -2.32. The minimum Gasteiger partial charge on any atom is -0.298 e. The zero-order chi connectivity index (χ0) is 16.7. The lowest BCUT2D eigenvalue weighted by molar-refractivity contribution is 0.111. The molecular formula is C22H23NO. The van der Waals surface area contributed by atoms with Crippen LogP contribution in [0.1, 0.15) is 42.6 Å². The standard InChI is InChI=1S/C22H23NO/c1-22(2)10-5-11-23(22)14-18-12-17-9-8-16-6-3-4-7-20(16)21(17)13-19(18)15-24/h3-4,6-9,12-13,15H,5,10-11,14H2,1-2H3. The summed E-state index contributed by atoms with van der Waals surface area (Å²) in [6.07, 6.45) is 3.48. The van der Waals surface area contributed by atoms with E-state index < -0.39 is 0 Å². The largest absolute Gasteiger partial charge is 0.298 e. The molecule has 4 rings (SSSR count). The van der Waals surface area contributed by atoms with Crippen molar-refractivity contribution in [3.8, 4) is 0 Å². The smallest absolute Gasteiger partial charge is 0.150 e. The van der Waals surface area contributed by atoms with Gasteiger partial charge in [-0.15, -0.1) is 0 Å². The van der Waals surface area contributed by atoms with Crippen molar-refractivity contribution in [2.75, 3.05) is 6.54 Å². The van der Waals surface area contributed by atoms with Crippen molar-refractivity contribution in [3.63, 3.8) is 0 Å². The molecule has 0 radical (unpaired) electrons. The lowest BCUT2D eigenvalue weighted by atomic mass is 9.95. The third-order valence-electron chi connectivity index (χ3n) is 5.57. The Kier molecular flexibility index (Phi) is 3.65. The van der Waals surface area contributed by atoms with Crippen LogP contribution in [0.3, 0.4) is 0 Å². The first kappa shape index (κ1) is 15.3. The SMILES string of the molecule is CC1(C)CCCN1Cc1cc2ccc3ccccc3c2cc1C=O. The van der Waals surface area contributed by atoms with Gasteiger partial charge in [-0.3, -0.25) is 9.69 Å². The Balaban J connectivity index is 1.84. The molecule has 3 aromatic carbocycles. The summed E-state index contributed by atoms with van der Waals surface area (Å²) in [5.41, 5.74) is 2.18. The average Bonchev–Trinajstić information content (AvgIpc) is 2.92. The molecule has 0 bridgehead atoms. The zero-order valence-electron chi connectivity index (χ0n) is 14.4. The Bertz CT molecular complexity index is 926. The van der Waals surface area contributed by atoms with E-state index in [2.05, 4.69) is 67.3 Å². The molecule has 0 aromatic heterocycles. The minimum absolute atomic E-state index is 0.221. The molecular weight excluding hydrogens is 294 g/mol. The fraction of sp³-hybridized carbons (Fsp3) is 0.318. The van der Waals surface area contributed by atoms with Crippen LogP contribution < -0.4 is 0 Å². The first-order chi connectivity index (χ1) is 11.6. The number of rotatable bonds is 3. The van der Waals surface area contributed by atoms with Gasteiger partial charge in [0.05, 0.1) is 0 Å². The highest BCUT2D eigenvalue weighted by Crippen LogP contribution is 2.32. The average molecular weight is 317 g/mol. The van der Waals surface area contributed by atoms with E-state index in [0.29, 0.717) is 0 Å². The predicted molar refractivity (Wildman–Crippen MR) is 101 cm³/mol. The van der Waals surface area contributed by atoms with E-state index >= 15 is 0 Å². The molecule has 1 heterocycles. The summed E-state index contributed by atoms with van der Waals surface area (Å²) in [6, 6.07) is 17.0. The van der Waals surface area contributed by atoms with E-state index in [4.69, 9.17) is 0 Å². The van der Waals surface area contributed by atoms with Crippen LogP contribution in [-0.4, -0.2) is 23.3 Å². The van der Waals surface area contributed by atoms with Crippen molar-refractivity contribution in [2.45, 2.75) is 38.8 Å². The van der Waals surface area contributed by atoms with E-state index in [9.17, 15) is 4.79 Å². The van der Waals surface area contributed by atoms with Crippen LogP contribution in [0.5, 0.6) is 0 Å². The molecule has 0 atom stereocenters. The number of carbonyl (C=O) groups excluding carboxylic acids is 1. The van der Waals surface area contributed by atoms with E-state index in [-0.39, 0.29) is 5.54 Å². The maximum Gasteiger partial charge on any atom is 0.150 e. The Morgan fingerprint density at radius 2 is 1.83 bits per heavy atom. The van der Waals surface area contributed by atoms with Crippen LogP contribution in [0, 0.1) is 0 Å². The molecule has 122 valence electrons. The number of aldehydes is 1. The van der Waals surface area contributed by atoms with Gasteiger partial charge >= 0.3 is 0 Å². The molecule has 0 N–H and O–H groups in total. The van der Waals surface area contributed by atoms with E-state index in [1.165, 1.54) is 34.4 Å². The van der Waals surface area contributed by atoms with Gasteiger partial charge in [0.2, 0.25) is 0 Å². The second kappa shape index (κ2) is 5.71. The first-order valence-corrected chi connectivity index (χ1v) is 8.73. The summed E-state index contributed by atoms with van der Waals surface area (Å²) in [5.74, 6) is 0. The fourth-order valence-electron chi connectivity index (χ4n) is 4.03. The zero-order valence-corrected chi connectivity index (χ0v) is 14.4. The normalized spacial score (nSPS) is 17.6. The van der Waals surface area contributed by atoms with E-state index in [1.807, 2.05) is 0 Å². The summed E-state index contributed by atoms with van der Waals surface area (Å²) in [7, 11) is 0. The van der Waals surface area contributed by atoms with Gasteiger partial charge in [-0.2, -0.15) is 0 Å². The highest BCUT2D eigenvalue weighted by atomic mass is 16.1. The first-order valence-electron chi connectivity index (χ1n) is 8.73. The molecule has 1 aliphatic heterocycles. The third kappa shape index (κ3) is 2.51. The van der Waals surface area contributed by atoms with Crippen molar-refractivity contribution in [1.82, 2.24) is 4.90 Å². The van der Waals surface area contributed by atoms with Crippen molar-refractivity contribution in [3.05, 3.63) is 59.7 Å². The molecule has 0 amide bonds. The summed E-state index contributed by atoms with van der Waals surface area (Å²) >= 11 is 0. The maximum absolute atomic E-state index is 11.7. The molecule has 0 spiro atoms. The van der Waals surface area contributed by atoms with Gasteiger partial charge in [-0.05, 0) is 72.5 Å². The van der Waals surface area contributed by atoms with Crippen LogP contribution in [-0.2, 0) is 6.54 Å². The van der Waals surface area contributed by atoms with Gasteiger partial charge in [-0.25, -0.2) is 0 Å². The number of nitrogens with zero attached hydrogens (tertiary/aromatic N) is 1. The topological polar surface area (TPSA) is 20.3 Å². The summed E-state index contributed by atoms with van der Waals surface area (Å²) < 4.78 is 0. The highest BCUT2D eigenvalue weighted by Gasteiger charge is 2.31. The van der Waals surface area contributed by atoms with Crippen LogP contribution >= 0.6 is 0 Å². The molecule has 0 aliphatic carbocycles. The van der Waals surface area contributed by atoms with Gasteiger partial charge < -0.3 is 0 Å². The van der Waals surface area contributed by atoms with Crippen molar-refractivity contribution in [1.29, 1.82) is 0 Å². The Labute approximate surface area is 143 Å². The number of benzene rings is 3.